The van der Waals surface area contributed by atoms with Crippen LogP contribution in [-0.2, 0) is 0 Å². The number of amides is 1. The number of aryl methyl sites for hydroxylation is 1. The van der Waals surface area contributed by atoms with Crippen molar-refractivity contribution in [3.63, 3.8) is 0 Å². The lowest BCUT2D eigenvalue weighted by Gasteiger charge is -2.28. The van der Waals surface area contributed by atoms with E-state index in [-0.39, 0.29) is 16.4 Å². The van der Waals surface area contributed by atoms with Crippen LogP contribution < -0.4 is 15.5 Å². The van der Waals surface area contributed by atoms with E-state index in [0.717, 1.165) is 43.6 Å². The van der Waals surface area contributed by atoms with Gasteiger partial charge in [-0.15, -0.1) is 0 Å². The average molecular weight is 398 g/mol. The van der Waals surface area contributed by atoms with Gasteiger partial charge in [-0.05, 0) is 62.2 Å². The van der Waals surface area contributed by atoms with Crippen molar-refractivity contribution in [2.75, 3.05) is 23.3 Å². The molecule has 1 saturated heterocycles. The molecule has 0 unspecified atom stereocenters. The fourth-order valence-corrected chi connectivity index (χ4v) is 3.46. The molecule has 2 aromatic rings. The zero-order chi connectivity index (χ0) is 20.1. The molecule has 0 aliphatic carbocycles. The van der Waals surface area contributed by atoms with Gasteiger partial charge in [0.2, 0.25) is 0 Å². The van der Waals surface area contributed by atoms with E-state index in [9.17, 15) is 14.9 Å². The van der Waals surface area contributed by atoms with Gasteiger partial charge in [-0.3, -0.25) is 20.2 Å². The van der Waals surface area contributed by atoms with E-state index >= 15 is 0 Å². The maximum Gasteiger partial charge on any atom is 0.293 e. The van der Waals surface area contributed by atoms with E-state index in [1.165, 1.54) is 6.07 Å². The quantitative estimate of drug-likeness (QED) is 0.459. The van der Waals surface area contributed by atoms with Gasteiger partial charge >= 0.3 is 0 Å². The van der Waals surface area contributed by atoms with Crippen molar-refractivity contribution in [2.45, 2.75) is 26.2 Å². The zero-order valence-electron chi connectivity index (χ0n) is 15.6. The predicted octanol–water partition coefficient (Wildman–Crippen LogP) is 4.02. The van der Waals surface area contributed by atoms with Crippen molar-refractivity contribution in [1.29, 1.82) is 0 Å². The Bertz CT molecular complexity index is 910. The highest BCUT2D eigenvalue weighted by atomic mass is 32.1. The molecular formula is C20H22N4O3S. The first-order valence-electron chi connectivity index (χ1n) is 9.17. The molecule has 1 heterocycles. The highest BCUT2D eigenvalue weighted by molar-refractivity contribution is 7.80. The number of nitrogens with one attached hydrogen (secondary N) is 2. The average Bonchev–Trinajstić information content (AvgIpc) is 2.70. The number of carbonyl (C=O) groups is 1. The van der Waals surface area contributed by atoms with Crippen LogP contribution in [0.1, 0.15) is 35.2 Å². The summed E-state index contributed by atoms with van der Waals surface area (Å²) in [5.41, 5.74) is 2.47. The first-order chi connectivity index (χ1) is 13.5. The normalized spacial score (nSPS) is 13.7. The third-order valence-corrected chi connectivity index (χ3v) is 4.96. The molecule has 0 bridgehead atoms. The molecule has 0 aromatic heterocycles. The van der Waals surface area contributed by atoms with Gasteiger partial charge in [0.25, 0.3) is 11.6 Å². The Balaban J connectivity index is 1.74. The molecule has 0 spiro atoms. The van der Waals surface area contributed by atoms with E-state index < -0.39 is 10.8 Å². The molecule has 8 heteroatoms. The zero-order valence-corrected chi connectivity index (χ0v) is 16.4. The number of hydrogen-bond donors (Lipinski definition) is 2. The number of benzene rings is 2. The first kappa shape index (κ1) is 19.8. The Morgan fingerprint density at radius 2 is 1.86 bits per heavy atom. The molecule has 0 radical (unpaired) electrons. The molecule has 1 aliphatic rings. The SMILES string of the molecule is Cc1ccccc1NC(=S)NC(=O)c1ccc(N2CCCCC2)c([N+](=O)[O-])c1. The van der Waals surface area contributed by atoms with Gasteiger partial charge in [0.1, 0.15) is 5.69 Å². The van der Waals surface area contributed by atoms with Crippen molar-refractivity contribution in [2.24, 2.45) is 0 Å². The van der Waals surface area contributed by atoms with Gasteiger partial charge in [0.15, 0.2) is 5.11 Å². The van der Waals surface area contributed by atoms with E-state index in [4.69, 9.17) is 12.2 Å². The summed E-state index contributed by atoms with van der Waals surface area (Å²) in [7, 11) is 0. The summed E-state index contributed by atoms with van der Waals surface area (Å²) in [6.07, 6.45) is 3.16. The smallest absolute Gasteiger partial charge is 0.293 e. The Morgan fingerprint density at radius 1 is 1.14 bits per heavy atom. The van der Waals surface area contributed by atoms with Crippen molar-refractivity contribution < 1.29 is 9.72 Å². The number of piperidine rings is 1. The number of anilines is 2. The topological polar surface area (TPSA) is 87.5 Å². The van der Waals surface area contributed by atoms with Crippen LogP contribution in [0.4, 0.5) is 17.1 Å². The predicted molar refractivity (Wildman–Crippen MR) is 114 cm³/mol. The van der Waals surface area contributed by atoms with Crippen molar-refractivity contribution >= 4 is 40.3 Å². The third kappa shape index (κ3) is 4.64. The van der Waals surface area contributed by atoms with Gasteiger partial charge in [-0.1, -0.05) is 18.2 Å². The van der Waals surface area contributed by atoms with Crippen molar-refractivity contribution in [1.82, 2.24) is 5.32 Å². The molecule has 2 N–H and O–H groups in total. The third-order valence-electron chi connectivity index (χ3n) is 4.75. The summed E-state index contributed by atoms with van der Waals surface area (Å²) in [4.78, 5) is 25.6. The van der Waals surface area contributed by atoms with Crippen LogP contribution in [-0.4, -0.2) is 29.0 Å². The van der Waals surface area contributed by atoms with Gasteiger partial charge in [0, 0.05) is 30.4 Å². The van der Waals surface area contributed by atoms with Crippen LogP contribution in [0.5, 0.6) is 0 Å². The number of rotatable bonds is 4. The minimum Gasteiger partial charge on any atom is -0.366 e. The van der Waals surface area contributed by atoms with Crippen LogP contribution in [0, 0.1) is 17.0 Å². The largest absolute Gasteiger partial charge is 0.366 e. The van der Waals surface area contributed by atoms with Crippen molar-refractivity contribution in [3.8, 4) is 0 Å². The summed E-state index contributed by atoms with van der Waals surface area (Å²) in [5, 5.41) is 17.2. The second-order valence-corrected chi connectivity index (χ2v) is 7.14. The molecule has 1 fully saturated rings. The number of nitro benzene ring substituents is 1. The summed E-state index contributed by atoms with van der Waals surface area (Å²) < 4.78 is 0. The van der Waals surface area contributed by atoms with Crippen LogP contribution in [0.15, 0.2) is 42.5 Å². The van der Waals surface area contributed by atoms with Gasteiger partial charge in [-0.25, -0.2) is 0 Å². The fourth-order valence-electron chi connectivity index (χ4n) is 3.26. The molecule has 1 aliphatic heterocycles. The second kappa shape index (κ2) is 8.79. The highest BCUT2D eigenvalue weighted by Crippen LogP contribution is 2.31. The standard InChI is InChI=1S/C20H22N4O3S/c1-14-7-3-4-8-16(14)21-20(28)22-19(25)15-9-10-17(18(13-15)24(26)27)23-11-5-2-6-12-23/h3-4,7-10,13H,2,5-6,11-12H2,1H3,(H2,21,22,25,28). The highest BCUT2D eigenvalue weighted by Gasteiger charge is 2.23. The van der Waals surface area contributed by atoms with E-state index in [1.54, 1.807) is 12.1 Å². The summed E-state index contributed by atoms with van der Waals surface area (Å²) in [5.74, 6) is -0.487. The number of para-hydroxylation sites is 1. The number of carbonyl (C=O) groups excluding carboxylic acids is 1. The minimum atomic E-state index is -0.487. The van der Waals surface area contributed by atoms with Gasteiger partial charge < -0.3 is 10.2 Å². The summed E-state index contributed by atoms with van der Waals surface area (Å²) in [6.45, 7) is 3.50. The van der Waals surface area contributed by atoms with Crippen LogP contribution in [0.3, 0.4) is 0 Å². The fraction of sp³-hybridized carbons (Fsp3) is 0.300. The van der Waals surface area contributed by atoms with Crippen LogP contribution in [0.2, 0.25) is 0 Å². The van der Waals surface area contributed by atoms with E-state index in [0.29, 0.717) is 5.69 Å². The van der Waals surface area contributed by atoms with E-state index in [2.05, 4.69) is 10.6 Å². The molecule has 0 atom stereocenters. The molecule has 146 valence electrons. The second-order valence-electron chi connectivity index (χ2n) is 6.73. The lowest BCUT2D eigenvalue weighted by Crippen LogP contribution is -2.34. The van der Waals surface area contributed by atoms with Gasteiger partial charge in [0.05, 0.1) is 4.92 Å². The first-order valence-corrected chi connectivity index (χ1v) is 9.58. The Labute approximate surface area is 168 Å². The Hall–Kier alpha value is -3.00. The maximum atomic E-state index is 12.5. The number of thiocarbonyl (C=S) groups is 1. The van der Waals surface area contributed by atoms with Crippen LogP contribution >= 0.6 is 12.2 Å². The number of nitrogens with zero attached hydrogens (tertiary/aromatic N) is 2. The van der Waals surface area contributed by atoms with E-state index in [1.807, 2.05) is 36.1 Å². The Morgan fingerprint density at radius 3 is 2.54 bits per heavy atom. The number of hydrogen-bond acceptors (Lipinski definition) is 5. The summed E-state index contributed by atoms with van der Waals surface area (Å²) >= 11 is 5.20. The summed E-state index contributed by atoms with van der Waals surface area (Å²) in [6, 6.07) is 12.1. The lowest BCUT2D eigenvalue weighted by atomic mass is 10.1. The molecular weight excluding hydrogens is 376 g/mol. The lowest BCUT2D eigenvalue weighted by molar-refractivity contribution is -0.384. The molecule has 3 rings (SSSR count). The van der Waals surface area contributed by atoms with Crippen LogP contribution in [0.25, 0.3) is 0 Å². The molecule has 1 amide bonds. The minimum absolute atomic E-state index is 0.0627. The number of nitro groups is 1. The maximum absolute atomic E-state index is 12.5. The van der Waals surface area contributed by atoms with Crippen molar-refractivity contribution in [3.05, 3.63) is 63.7 Å². The molecule has 28 heavy (non-hydrogen) atoms. The molecule has 0 saturated carbocycles. The monoisotopic (exact) mass is 398 g/mol. The van der Waals surface area contributed by atoms with Gasteiger partial charge in [-0.2, -0.15) is 0 Å². The Kier molecular flexibility index (Phi) is 6.20. The molecule has 2 aromatic carbocycles. The molecule has 7 nitrogen and oxygen atoms in total.